The fourth-order valence-corrected chi connectivity index (χ4v) is 2.86. The van der Waals surface area contributed by atoms with Gasteiger partial charge in [0.2, 0.25) is 11.3 Å². The Balaban J connectivity index is 1.57. The van der Waals surface area contributed by atoms with E-state index in [9.17, 15) is 9.59 Å². The maximum atomic E-state index is 12.0. The summed E-state index contributed by atoms with van der Waals surface area (Å²) in [6.45, 7) is 2.67. The number of fused-ring (bicyclic) bond motifs is 1. The van der Waals surface area contributed by atoms with Crippen molar-refractivity contribution in [1.82, 2.24) is 15.1 Å². The lowest BCUT2D eigenvalue weighted by atomic mass is 10.0. The van der Waals surface area contributed by atoms with Crippen LogP contribution in [0.2, 0.25) is 0 Å². The number of nitrogens with one attached hydrogen (secondary N) is 1. The molecule has 0 spiro atoms. The first kappa shape index (κ1) is 15.7. The first-order valence-corrected chi connectivity index (χ1v) is 8.03. The van der Waals surface area contributed by atoms with E-state index >= 15 is 0 Å². The second kappa shape index (κ2) is 7.37. The summed E-state index contributed by atoms with van der Waals surface area (Å²) >= 11 is 0. The number of aryl methyl sites for hydroxylation is 1. The molecule has 1 saturated heterocycles. The van der Waals surface area contributed by atoms with E-state index in [1.807, 2.05) is 18.2 Å². The molecule has 6 heteroatoms. The highest BCUT2D eigenvalue weighted by Gasteiger charge is 2.14. The minimum atomic E-state index is -0.0985. The molecule has 0 aliphatic carbocycles. The average Bonchev–Trinajstić information content (AvgIpc) is 2.60. The molecule has 1 aromatic carbocycles. The molecular weight excluding hydrogens is 294 g/mol. The third-order valence-electron chi connectivity index (χ3n) is 4.16. The van der Waals surface area contributed by atoms with Gasteiger partial charge in [-0.2, -0.15) is 5.10 Å². The molecule has 0 bridgehead atoms. The molecule has 0 saturated carbocycles. The Morgan fingerprint density at radius 3 is 3.09 bits per heavy atom. The van der Waals surface area contributed by atoms with Gasteiger partial charge in [0, 0.05) is 25.0 Å². The average molecular weight is 315 g/mol. The Labute approximate surface area is 134 Å². The van der Waals surface area contributed by atoms with Crippen LogP contribution in [0, 0.1) is 5.92 Å². The van der Waals surface area contributed by atoms with Gasteiger partial charge < -0.3 is 10.1 Å². The number of carbonyl (C=O) groups excluding carboxylic acids is 1. The van der Waals surface area contributed by atoms with Crippen LogP contribution >= 0.6 is 0 Å². The number of hydrogen-bond donors (Lipinski definition) is 1. The Bertz CT molecular complexity index is 735. The van der Waals surface area contributed by atoms with Crippen LogP contribution in [0.3, 0.4) is 0 Å². The quantitative estimate of drug-likeness (QED) is 0.903. The van der Waals surface area contributed by atoms with Gasteiger partial charge in [0.15, 0.2) is 0 Å². The number of para-hydroxylation sites is 1. The first-order valence-electron chi connectivity index (χ1n) is 8.03. The predicted octanol–water partition coefficient (Wildman–Crippen LogP) is 1.33. The molecule has 1 N–H and O–H groups in total. The topological polar surface area (TPSA) is 73.2 Å². The highest BCUT2D eigenvalue weighted by atomic mass is 16.5. The first-order chi connectivity index (χ1) is 11.2. The van der Waals surface area contributed by atoms with Gasteiger partial charge in [-0.3, -0.25) is 14.3 Å². The van der Waals surface area contributed by atoms with Gasteiger partial charge in [-0.1, -0.05) is 12.1 Å². The van der Waals surface area contributed by atoms with Gasteiger partial charge in [0.1, 0.15) is 0 Å². The normalized spacial score (nSPS) is 18.0. The summed E-state index contributed by atoms with van der Waals surface area (Å²) in [6, 6.07) is 7.32. The van der Waals surface area contributed by atoms with E-state index in [-0.39, 0.29) is 11.3 Å². The lowest BCUT2D eigenvalue weighted by Gasteiger charge is -2.22. The summed E-state index contributed by atoms with van der Waals surface area (Å²) in [5.41, 5.74) is 0.659. The molecule has 1 aliphatic rings. The molecule has 2 heterocycles. The second-order valence-corrected chi connectivity index (χ2v) is 5.89. The number of ether oxygens (including phenoxy) is 1. The third kappa shape index (κ3) is 3.96. The van der Waals surface area contributed by atoms with Crippen LogP contribution in [0.15, 0.2) is 35.3 Å². The van der Waals surface area contributed by atoms with Crippen molar-refractivity contribution in [3.05, 3.63) is 40.7 Å². The SMILES string of the molecule is O=C(CCn1ncc(=O)c2ccccc21)NC[C@H]1CCCOC1. The standard InChI is InChI=1S/C17H21N3O3/c21-16-11-19-20(15-6-2-1-5-14(15)16)8-7-17(22)18-10-13-4-3-9-23-12-13/h1-2,5-6,11,13H,3-4,7-10,12H2,(H,18,22)/t13-/m1/s1. The van der Waals surface area contributed by atoms with Gasteiger partial charge in [-0.25, -0.2) is 0 Å². The molecular formula is C17H21N3O3. The Morgan fingerprint density at radius 1 is 1.39 bits per heavy atom. The molecule has 2 aromatic rings. The minimum Gasteiger partial charge on any atom is -0.381 e. The van der Waals surface area contributed by atoms with Crippen LogP contribution in [-0.4, -0.2) is 35.4 Å². The van der Waals surface area contributed by atoms with E-state index in [1.165, 1.54) is 6.20 Å². The molecule has 1 aromatic heterocycles. The summed E-state index contributed by atoms with van der Waals surface area (Å²) < 4.78 is 7.12. The van der Waals surface area contributed by atoms with Gasteiger partial charge in [0.05, 0.1) is 24.9 Å². The van der Waals surface area contributed by atoms with Gasteiger partial charge in [-0.05, 0) is 30.9 Å². The van der Waals surface area contributed by atoms with E-state index in [2.05, 4.69) is 10.4 Å². The number of hydrogen-bond acceptors (Lipinski definition) is 4. The minimum absolute atomic E-state index is 0.000143. The second-order valence-electron chi connectivity index (χ2n) is 5.89. The van der Waals surface area contributed by atoms with E-state index in [4.69, 9.17) is 4.74 Å². The van der Waals surface area contributed by atoms with Crippen molar-refractivity contribution in [3.63, 3.8) is 0 Å². The Kier molecular flexibility index (Phi) is 5.02. The van der Waals surface area contributed by atoms with Crippen LogP contribution in [0.1, 0.15) is 19.3 Å². The van der Waals surface area contributed by atoms with Crippen LogP contribution < -0.4 is 10.7 Å². The van der Waals surface area contributed by atoms with Gasteiger partial charge in [-0.15, -0.1) is 0 Å². The van der Waals surface area contributed by atoms with Crippen molar-refractivity contribution in [1.29, 1.82) is 0 Å². The zero-order chi connectivity index (χ0) is 16.1. The maximum Gasteiger partial charge on any atom is 0.221 e. The largest absolute Gasteiger partial charge is 0.381 e. The zero-order valence-electron chi connectivity index (χ0n) is 13.0. The summed E-state index contributed by atoms with van der Waals surface area (Å²) in [5.74, 6) is 0.416. The van der Waals surface area contributed by atoms with Crippen molar-refractivity contribution in [2.24, 2.45) is 5.92 Å². The van der Waals surface area contributed by atoms with Crippen molar-refractivity contribution in [2.45, 2.75) is 25.8 Å². The predicted molar refractivity (Wildman–Crippen MR) is 87.2 cm³/mol. The number of nitrogens with zero attached hydrogens (tertiary/aromatic N) is 2. The van der Waals surface area contributed by atoms with Crippen LogP contribution in [-0.2, 0) is 16.1 Å². The lowest BCUT2D eigenvalue weighted by molar-refractivity contribution is -0.121. The van der Waals surface area contributed by atoms with Crippen LogP contribution in [0.4, 0.5) is 0 Å². The molecule has 23 heavy (non-hydrogen) atoms. The molecule has 1 fully saturated rings. The van der Waals surface area contributed by atoms with E-state index in [1.54, 1.807) is 10.7 Å². The molecule has 1 atom stereocenters. The van der Waals surface area contributed by atoms with Crippen LogP contribution in [0.5, 0.6) is 0 Å². The molecule has 0 radical (unpaired) electrons. The zero-order valence-corrected chi connectivity index (χ0v) is 13.0. The highest BCUT2D eigenvalue weighted by Crippen LogP contribution is 2.12. The molecule has 1 aliphatic heterocycles. The van der Waals surface area contributed by atoms with Crippen molar-refractivity contribution < 1.29 is 9.53 Å². The molecule has 3 rings (SSSR count). The smallest absolute Gasteiger partial charge is 0.221 e. The van der Waals surface area contributed by atoms with E-state index < -0.39 is 0 Å². The van der Waals surface area contributed by atoms with Gasteiger partial charge in [0.25, 0.3) is 0 Å². The fraction of sp³-hybridized carbons (Fsp3) is 0.471. The molecule has 122 valence electrons. The third-order valence-corrected chi connectivity index (χ3v) is 4.16. The number of aromatic nitrogens is 2. The number of rotatable bonds is 5. The molecule has 6 nitrogen and oxygen atoms in total. The number of benzene rings is 1. The highest BCUT2D eigenvalue weighted by molar-refractivity contribution is 5.79. The summed E-state index contributed by atoms with van der Waals surface area (Å²) in [6.07, 6.45) is 3.81. The summed E-state index contributed by atoms with van der Waals surface area (Å²) in [5, 5.41) is 7.72. The van der Waals surface area contributed by atoms with E-state index in [0.717, 1.165) is 31.6 Å². The van der Waals surface area contributed by atoms with Gasteiger partial charge >= 0.3 is 0 Å². The van der Waals surface area contributed by atoms with E-state index in [0.29, 0.717) is 30.8 Å². The number of amides is 1. The monoisotopic (exact) mass is 315 g/mol. The van der Waals surface area contributed by atoms with Crippen molar-refractivity contribution in [2.75, 3.05) is 19.8 Å². The fourth-order valence-electron chi connectivity index (χ4n) is 2.86. The Hall–Kier alpha value is -2.21. The number of carbonyl (C=O) groups is 1. The molecule has 0 unspecified atom stereocenters. The van der Waals surface area contributed by atoms with Crippen molar-refractivity contribution in [3.8, 4) is 0 Å². The summed E-state index contributed by atoms with van der Waals surface area (Å²) in [4.78, 5) is 23.8. The van der Waals surface area contributed by atoms with Crippen LogP contribution in [0.25, 0.3) is 10.9 Å². The van der Waals surface area contributed by atoms with Crippen molar-refractivity contribution >= 4 is 16.8 Å². The maximum absolute atomic E-state index is 12.0. The molecule has 1 amide bonds. The Morgan fingerprint density at radius 2 is 2.26 bits per heavy atom. The lowest BCUT2D eigenvalue weighted by Crippen LogP contribution is -2.33. The summed E-state index contributed by atoms with van der Waals surface area (Å²) in [7, 11) is 0.